The van der Waals surface area contributed by atoms with Crippen LogP contribution in [-0.2, 0) is 9.53 Å². The van der Waals surface area contributed by atoms with Crippen molar-refractivity contribution in [3.8, 4) is 5.75 Å². The smallest absolute Gasteiger partial charge is 0.223 e. The zero-order valence-electron chi connectivity index (χ0n) is 13.9. The molecule has 1 amide bonds. The van der Waals surface area contributed by atoms with Gasteiger partial charge < -0.3 is 14.7 Å². The summed E-state index contributed by atoms with van der Waals surface area (Å²) in [6.45, 7) is 4.38. The molecule has 0 aliphatic carbocycles. The number of phenolic OH excluding ortho intramolecular Hbond substituents is 1. The highest BCUT2D eigenvalue weighted by Gasteiger charge is 2.23. The molecule has 1 heterocycles. The normalized spacial score (nSPS) is 16.0. The maximum Gasteiger partial charge on any atom is 0.223 e. The van der Waals surface area contributed by atoms with Crippen LogP contribution in [0.3, 0.4) is 0 Å². The summed E-state index contributed by atoms with van der Waals surface area (Å²) >= 11 is 0. The third-order valence-corrected chi connectivity index (χ3v) is 4.58. The molecule has 2 aromatic carbocycles. The van der Waals surface area contributed by atoms with Crippen molar-refractivity contribution in [3.05, 3.63) is 65.2 Å². The van der Waals surface area contributed by atoms with E-state index in [0.29, 0.717) is 32.7 Å². The molecule has 1 unspecified atom stereocenters. The fourth-order valence-corrected chi connectivity index (χ4v) is 3.07. The predicted octanol–water partition coefficient (Wildman–Crippen LogP) is 3.08. The van der Waals surface area contributed by atoms with Crippen molar-refractivity contribution in [3.63, 3.8) is 0 Å². The second kappa shape index (κ2) is 7.49. The van der Waals surface area contributed by atoms with Crippen LogP contribution in [-0.4, -0.2) is 42.2 Å². The van der Waals surface area contributed by atoms with Gasteiger partial charge in [0, 0.05) is 25.4 Å². The molecule has 1 aliphatic rings. The molecule has 3 rings (SSSR count). The first-order chi connectivity index (χ1) is 11.6. The summed E-state index contributed by atoms with van der Waals surface area (Å²) in [4.78, 5) is 14.6. The average molecular weight is 325 g/mol. The summed E-state index contributed by atoms with van der Waals surface area (Å²) < 4.78 is 5.33. The molecule has 4 heteroatoms. The number of ether oxygens (including phenoxy) is 1. The van der Waals surface area contributed by atoms with E-state index in [0.717, 1.165) is 16.7 Å². The molecule has 1 N–H and O–H groups in total. The fourth-order valence-electron chi connectivity index (χ4n) is 3.07. The highest BCUT2D eigenvalue weighted by Crippen LogP contribution is 2.32. The van der Waals surface area contributed by atoms with Crippen LogP contribution >= 0.6 is 0 Å². The van der Waals surface area contributed by atoms with Crippen LogP contribution in [0, 0.1) is 6.92 Å². The molecule has 4 nitrogen and oxygen atoms in total. The number of hydrogen-bond donors (Lipinski definition) is 1. The lowest BCUT2D eigenvalue weighted by Crippen LogP contribution is -2.41. The minimum absolute atomic E-state index is 0.0620. The lowest BCUT2D eigenvalue weighted by Gasteiger charge is -2.29. The largest absolute Gasteiger partial charge is 0.508 e. The summed E-state index contributed by atoms with van der Waals surface area (Å²) in [5.74, 6) is 0.340. The van der Waals surface area contributed by atoms with Crippen LogP contribution in [0.25, 0.3) is 0 Å². The van der Waals surface area contributed by atoms with Crippen molar-refractivity contribution >= 4 is 5.91 Å². The molecule has 1 fully saturated rings. The summed E-state index contributed by atoms with van der Waals surface area (Å²) in [5.41, 5.74) is 2.89. The highest BCUT2D eigenvalue weighted by molar-refractivity contribution is 5.78. The number of amides is 1. The van der Waals surface area contributed by atoms with Gasteiger partial charge in [0.05, 0.1) is 13.2 Å². The molecular weight excluding hydrogens is 302 g/mol. The first-order valence-electron chi connectivity index (χ1n) is 8.35. The quantitative estimate of drug-likeness (QED) is 0.940. The summed E-state index contributed by atoms with van der Waals surface area (Å²) in [5, 5.41) is 10.1. The molecule has 126 valence electrons. The zero-order valence-corrected chi connectivity index (χ0v) is 13.9. The van der Waals surface area contributed by atoms with Gasteiger partial charge in [0.25, 0.3) is 0 Å². The number of carbonyl (C=O) groups excluding carboxylic acids is 1. The maximum atomic E-state index is 12.7. The standard InChI is InChI=1S/C20H23NO3/c1-15-7-8-17(13-19(15)22)18(16-5-3-2-4-6-16)14-20(23)21-9-11-24-12-10-21/h2-8,13,18,22H,9-12,14H2,1H3. The number of morpholine rings is 1. The number of benzene rings is 2. The van der Waals surface area contributed by atoms with Gasteiger partial charge in [0.2, 0.25) is 5.91 Å². The predicted molar refractivity (Wildman–Crippen MR) is 93.1 cm³/mol. The van der Waals surface area contributed by atoms with E-state index in [1.165, 1.54) is 0 Å². The summed E-state index contributed by atoms with van der Waals surface area (Å²) in [6, 6.07) is 15.7. The molecule has 0 spiro atoms. The lowest BCUT2D eigenvalue weighted by molar-refractivity contribution is -0.135. The van der Waals surface area contributed by atoms with Gasteiger partial charge in [0.1, 0.15) is 5.75 Å². The molecule has 0 bridgehead atoms. The van der Waals surface area contributed by atoms with E-state index in [2.05, 4.69) is 0 Å². The topological polar surface area (TPSA) is 49.8 Å². The Morgan fingerprint density at radius 1 is 1.12 bits per heavy atom. The Hall–Kier alpha value is -2.33. The van der Waals surface area contributed by atoms with Crippen LogP contribution in [0.5, 0.6) is 5.75 Å². The molecule has 1 atom stereocenters. The van der Waals surface area contributed by atoms with Gasteiger partial charge in [-0.15, -0.1) is 0 Å². The van der Waals surface area contributed by atoms with Gasteiger partial charge in [-0.3, -0.25) is 4.79 Å². The number of aryl methyl sites for hydroxylation is 1. The van der Waals surface area contributed by atoms with E-state index in [-0.39, 0.29) is 17.6 Å². The second-order valence-corrected chi connectivity index (χ2v) is 6.21. The van der Waals surface area contributed by atoms with Crippen molar-refractivity contribution in [1.82, 2.24) is 4.90 Å². The minimum Gasteiger partial charge on any atom is -0.508 e. The van der Waals surface area contributed by atoms with E-state index >= 15 is 0 Å². The summed E-state index contributed by atoms with van der Waals surface area (Å²) in [7, 11) is 0. The fraction of sp³-hybridized carbons (Fsp3) is 0.350. The van der Waals surface area contributed by atoms with Gasteiger partial charge in [0.15, 0.2) is 0 Å². The number of nitrogens with zero attached hydrogens (tertiary/aromatic N) is 1. The zero-order chi connectivity index (χ0) is 16.9. The van der Waals surface area contributed by atoms with E-state index in [1.54, 1.807) is 6.07 Å². The molecule has 0 aromatic heterocycles. The van der Waals surface area contributed by atoms with E-state index < -0.39 is 0 Å². The Labute approximate surface area is 142 Å². The molecule has 0 radical (unpaired) electrons. The van der Waals surface area contributed by atoms with Crippen molar-refractivity contribution in [1.29, 1.82) is 0 Å². The maximum absolute atomic E-state index is 12.7. The van der Waals surface area contributed by atoms with Gasteiger partial charge in [-0.1, -0.05) is 42.5 Å². The first-order valence-corrected chi connectivity index (χ1v) is 8.35. The molecule has 0 saturated carbocycles. The van der Waals surface area contributed by atoms with Crippen molar-refractivity contribution in [2.75, 3.05) is 26.3 Å². The molecule has 1 aliphatic heterocycles. The van der Waals surface area contributed by atoms with Crippen molar-refractivity contribution in [2.45, 2.75) is 19.3 Å². The van der Waals surface area contributed by atoms with Crippen LogP contribution in [0.2, 0.25) is 0 Å². The van der Waals surface area contributed by atoms with Crippen LogP contribution in [0.15, 0.2) is 48.5 Å². The molecular formula is C20H23NO3. The van der Waals surface area contributed by atoms with Crippen LogP contribution in [0.1, 0.15) is 29.0 Å². The molecule has 24 heavy (non-hydrogen) atoms. The van der Waals surface area contributed by atoms with Crippen LogP contribution in [0.4, 0.5) is 0 Å². The Kier molecular flexibility index (Phi) is 5.16. The molecule has 2 aromatic rings. The Morgan fingerprint density at radius 2 is 1.83 bits per heavy atom. The van der Waals surface area contributed by atoms with E-state index in [9.17, 15) is 9.90 Å². The van der Waals surface area contributed by atoms with E-state index in [1.807, 2.05) is 54.3 Å². The van der Waals surface area contributed by atoms with Crippen LogP contribution < -0.4 is 0 Å². The van der Waals surface area contributed by atoms with Crippen molar-refractivity contribution < 1.29 is 14.6 Å². The number of rotatable bonds is 4. The number of phenols is 1. The third-order valence-electron chi connectivity index (χ3n) is 4.58. The van der Waals surface area contributed by atoms with Gasteiger partial charge in [-0.05, 0) is 29.7 Å². The Bertz CT molecular complexity index is 693. The molecule has 1 saturated heterocycles. The summed E-state index contributed by atoms with van der Waals surface area (Å²) in [6.07, 6.45) is 0.395. The third kappa shape index (κ3) is 3.77. The Morgan fingerprint density at radius 3 is 2.50 bits per heavy atom. The minimum atomic E-state index is -0.0620. The highest BCUT2D eigenvalue weighted by atomic mass is 16.5. The first kappa shape index (κ1) is 16.5. The second-order valence-electron chi connectivity index (χ2n) is 6.21. The Balaban J connectivity index is 1.87. The van der Waals surface area contributed by atoms with Gasteiger partial charge in [-0.25, -0.2) is 0 Å². The average Bonchev–Trinajstić information content (AvgIpc) is 2.63. The number of aromatic hydroxyl groups is 1. The van der Waals surface area contributed by atoms with Gasteiger partial charge in [-0.2, -0.15) is 0 Å². The van der Waals surface area contributed by atoms with E-state index in [4.69, 9.17) is 4.74 Å². The van der Waals surface area contributed by atoms with Gasteiger partial charge >= 0.3 is 0 Å². The number of carbonyl (C=O) groups is 1. The SMILES string of the molecule is Cc1ccc(C(CC(=O)N2CCOCC2)c2ccccc2)cc1O. The van der Waals surface area contributed by atoms with Crippen molar-refractivity contribution in [2.24, 2.45) is 0 Å². The lowest BCUT2D eigenvalue weighted by atomic mass is 9.87. The number of hydrogen-bond acceptors (Lipinski definition) is 3. The monoisotopic (exact) mass is 325 g/mol.